The molecular weight excluding hydrogens is 455 g/mol. The maximum Gasteiger partial charge on any atom is 0.471 e. The number of hydrogen-bond acceptors (Lipinski definition) is 5. The van der Waals surface area contributed by atoms with E-state index in [2.05, 4.69) is 5.32 Å². The lowest BCUT2D eigenvalue weighted by atomic mass is 10.0. The maximum absolute atomic E-state index is 13.0. The molecule has 3 rings (SSSR count). The number of carbonyl (C=O) groups is 5. The number of alkyl halides is 3. The van der Waals surface area contributed by atoms with Gasteiger partial charge < -0.3 is 5.32 Å². The second-order valence-corrected chi connectivity index (χ2v) is 7.50. The highest BCUT2D eigenvalue weighted by molar-refractivity contribution is 6.22. The van der Waals surface area contributed by atoms with E-state index in [1.165, 1.54) is 12.1 Å². The number of hydrogen-bond donors (Lipinski definition) is 1. The highest BCUT2D eigenvalue weighted by Gasteiger charge is 2.44. The molecule has 0 fully saturated rings. The van der Waals surface area contributed by atoms with E-state index < -0.39 is 54.8 Å². The monoisotopic (exact) mass is 475 g/mol. The average Bonchev–Trinajstić information content (AvgIpc) is 3.04. The summed E-state index contributed by atoms with van der Waals surface area (Å²) in [7, 11) is 0. The van der Waals surface area contributed by atoms with Crippen LogP contribution in [0.5, 0.6) is 0 Å². The number of imide groups is 2. The van der Waals surface area contributed by atoms with Gasteiger partial charge in [0.1, 0.15) is 6.04 Å². The van der Waals surface area contributed by atoms with Gasteiger partial charge in [-0.1, -0.05) is 42.5 Å². The number of halogens is 3. The van der Waals surface area contributed by atoms with Crippen molar-refractivity contribution in [3.63, 3.8) is 0 Å². The minimum absolute atomic E-state index is 0.0332. The predicted molar refractivity (Wildman–Crippen MR) is 112 cm³/mol. The van der Waals surface area contributed by atoms with E-state index in [9.17, 15) is 37.1 Å². The van der Waals surface area contributed by atoms with Crippen molar-refractivity contribution >= 4 is 29.5 Å². The summed E-state index contributed by atoms with van der Waals surface area (Å²) >= 11 is 0. The number of nitrogens with one attached hydrogen (secondary N) is 1. The minimum Gasteiger partial charge on any atom is -0.352 e. The smallest absolute Gasteiger partial charge is 0.352 e. The highest BCUT2D eigenvalue weighted by Crippen LogP contribution is 2.26. The van der Waals surface area contributed by atoms with Crippen LogP contribution in [0.3, 0.4) is 0 Å². The molecule has 5 amide bonds. The topological polar surface area (TPSA) is 104 Å². The molecule has 2 aromatic rings. The normalized spacial score (nSPS) is 13.9. The molecule has 1 unspecified atom stereocenters. The Morgan fingerprint density at radius 2 is 1.47 bits per heavy atom. The van der Waals surface area contributed by atoms with Crippen LogP contribution in [0.2, 0.25) is 0 Å². The van der Waals surface area contributed by atoms with E-state index in [1.807, 2.05) is 0 Å². The molecule has 0 saturated carbocycles. The fraction of sp³-hybridized carbons (Fsp3) is 0.261. The standard InChI is InChI=1S/C23H20F3N3O5/c1-14(30)28(22(34)23(24,25)26)12-11-27-19(31)18(13-15-7-3-2-4-8-15)29-20(32)16-9-5-6-10-17(16)21(29)33/h2-10,18H,11-13H2,1H3,(H,27,31). The van der Waals surface area contributed by atoms with Crippen molar-refractivity contribution < 1.29 is 37.1 Å². The van der Waals surface area contributed by atoms with Crippen LogP contribution in [-0.2, 0) is 20.8 Å². The molecule has 34 heavy (non-hydrogen) atoms. The van der Waals surface area contributed by atoms with Crippen LogP contribution in [-0.4, -0.2) is 64.6 Å². The zero-order chi connectivity index (χ0) is 25.0. The molecule has 8 nitrogen and oxygen atoms in total. The molecule has 0 spiro atoms. The van der Waals surface area contributed by atoms with Crippen molar-refractivity contribution in [1.29, 1.82) is 0 Å². The summed E-state index contributed by atoms with van der Waals surface area (Å²) in [4.78, 5) is 62.6. The van der Waals surface area contributed by atoms with Gasteiger partial charge in [-0.05, 0) is 17.7 Å². The zero-order valence-corrected chi connectivity index (χ0v) is 18.0. The minimum atomic E-state index is -5.26. The molecule has 1 heterocycles. The Bertz CT molecular complexity index is 1100. The third-order valence-corrected chi connectivity index (χ3v) is 5.21. The van der Waals surface area contributed by atoms with Crippen LogP contribution < -0.4 is 5.32 Å². The lowest BCUT2D eigenvalue weighted by Gasteiger charge is -2.26. The second kappa shape index (κ2) is 9.86. The van der Waals surface area contributed by atoms with E-state index >= 15 is 0 Å². The first-order chi connectivity index (χ1) is 16.0. The first-order valence-electron chi connectivity index (χ1n) is 10.2. The molecule has 1 aliphatic heterocycles. The predicted octanol–water partition coefficient (Wildman–Crippen LogP) is 1.95. The van der Waals surface area contributed by atoms with Crippen LogP contribution in [0.25, 0.3) is 0 Å². The maximum atomic E-state index is 13.0. The molecule has 0 aliphatic carbocycles. The van der Waals surface area contributed by atoms with Crippen molar-refractivity contribution in [2.24, 2.45) is 0 Å². The van der Waals surface area contributed by atoms with Gasteiger partial charge in [0, 0.05) is 26.4 Å². The molecule has 1 aliphatic rings. The summed E-state index contributed by atoms with van der Waals surface area (Å²) in [6.45, 7) is -0.448. The van der Waals surface area contributed by atoms with Crippen molar-refractivity contribution in [2.45, 2.75) is 25.6 Å². The quantitative estimate of drug-likeness (QED) is 0.617. The van der Waals surface area contributed by atoms with Crippen LogP contribution in [0.1, 0.15) is 33.2 Å². The van der Waals surface area contributed by atoms with Crippen LogP contribution in [0.4, 0.5) is 13.2 Å². The van der Waals surface area contributed by atoms with Crippen molar-refractivity contribution in [2.75, 3.05) is 13.1 Å². The number of benzene rings is 2. The van der Waals surface area contributed by atoms with E-state index in [-0.39, 0.29) is 22.4 Å². The van der Waals surface area contributed by atoms with E-state index in [1.54, 1.807) is 42.5 Å². The summed E-state index contributed by atoms with van der Waals surface area (Å²) in [5, 5.41) is 2.34. The Labute approximate surface area is 192 Å². The Morgan fingerprint density at radius 1 is 0.941 bits per heavy atom. The Kier molecular flexibility index (Phi) is 7.14. The van der Waals surface area contributed by atoms with Gasteiger partial charge >= 0.3 is 12.1 Å². The molecule has 11 heteroatoms. The number of carbonyl (C=O) groups excluding carboxylic acids is 5. The zero-order valence-electron chi connectivity index (χ0n) is 18.0. The number of amides is 5. The third-order valence-electron chi connectivity index (χ3n) is 5.21. The summed E-state index contributed by atoms with van der Waals surface area (Å²) < 4.78 is 38.2. The molecule has 1 atom stereocenters. The van der Waals surface area contributed by atoms with Gasteiger partial charge in [-0.3, -0.25) is 33.8 Å². The second-order valence-electron chi connectivity index (χ2n) is 7.50. The van der Waals surface area contributed by atoms with Gasteiger partial charge in [-0.25, -0.2) is 0 Å². The van der Waals surface area contributed by atoms with Crippen molar-refractivity contribution in [3.8, 4) is 0 Å². The average molecular weight is 475 g/mol. The van der Waals surface area contributed by atoms with Crippen LogP contribution in [0, 0.1) is 0 Å². The lowest BCUT2D eigenvalue weighted by Crippen LogP contribution is -2.52. The summed E-state index contributed by atoms with van der Waals surface area (Å²) in [5.74, 6) is -5.65. The van der Waals surface area contributed by atoms with Crippen molar-refractivity contribution in [1.82, 2.24) is 15.1 Å². The molecular formula is C23H20F3N3O5. The van der Waals surface area contributed by atoms with Gasteiger partial charge in [0.15, 0.2) is 0 Å². The molecule has 0 radical (unpaired) electrons. The molecule has 0 saturated heterocycles. The molecule has 2 aromatic carbocycles. The summed E-state index contributed by atoms with van der Waals surface area (Å²) in [6, 6.07) is 13.3. The SMILES string of the molecule is CC(=O)N(CCNC(=O)C(Cc1ccccc1)N1C(=O)c2ccccc2C1=O)C(=O)C(F)(F)F. The first-order valence-corrected chi connectivity index (χ1v) is 10.2. The number of rotatable bonds is 7. The van der Waals surface area contributed by atoms with Gasteiger partial charge in [0.05, 0.1) is 11.1 Å². The van der Waals surface area contributed by atoms with E-state index in [0.717, 1.165) is 11.8 Å². The third kappa shape index (κ3) is 5.13. The van der Waals surface area contributed by atoms with E-state index in [0.29, 0.717) is 5.56 Å². The molecule has 0 bridgehead atoms. The largest absolute Gasteiger partial charge is 0.471 e. The van der Waals surface area contributed by atoms with Gasteiger partial charge in [0.25, 0.3) is 11.8 Å². The van der Waals surface area contributed by atoms with Gasteiger partial charge in [0.2, 0.25) is 11.8 Å². The molecule has 1 N–H and O–H groups in total. The van der Waals surface area contributed by atoms with Crippen LogP contribution in [0.15, 0.2) is 54.6 Å². The first kappa shape index (κ1) is 24.6. The molecule has 0 aromatic heterocycles. The number of fused-ring (bicyclic) bond motifs is 1. The van der Waals surface area contributed by atoms with Gasteiger partial charge in [-0.2, -0.15) is 13.2 Å². The fourth-order valence-corrected chi connectivity index (χ4v) is 3.59. The summed E-state index contributed by atoms with van der Waals surface area (Å²) in [6.07, 6.45) is -5.30. The van der Waals surface area contributed by atoms with Crippen LogP contribution >= 0.6 is 0 Å². The lowest BCUT2D eigenvalue weighted by molar-refractivity contribution is -0.187. The van der Waals surface area contributed by atoms with Gasteiger partial charge in [-0.15, -0.1) is 0 Å². The Hall–Kier alpha value is -4.02. The van der Waals surface area contributed by atoms with E-state index in [4.69, 9.17) is 0 Å². The fourth-order valence-electron chi connectivity index (χ4n) is 3.59. The Balaban J connectivity index is 1.80. The Morgan fingerprint density at radius 3 is 1.97 bits per heavy atom. The van der Waals surface area contributed by atoms with Crippen molar-refractivity contribution in [3.05, 3.63) is 71.3 Å². The highest BCUT2D eigenvalue weighted by atomic mass is 19.4. The summed E-state index contributed by atoms with van der Waals surface area (Å²) in [5.41, 5.74) is 0.908. The molecule has 178 valence electrons. The number of nitrogens with zero attached hydrogens (tertiary/aromatic N) is 2.